The summed E-state index contributed by atoms with van der Waals surface area (Å²) in [6.45, 7) is 8.04. The van der Waals surface area contributed by atoms with Crippen molar-refractivity contribution in [2.75, 3.05) is 19.6 Å². The number of hydrogen-bond acceptors (Lipinski definition) is 2. The van der Waals surface area contributed by atoms with Gasteiger partial charge in [0.1, 0.15) is 0 Å². The van der Waals surface area contributed by atoms with Crippen molar-refractivity contribution in [2.24, 2.45) is 5.92 Å². The van der Waals surface area contributed by atoms with Crippen molar-refractivity contribution in [3.63, 3.8) is 0 Å². The topological polar surface area (TPSA) is 24.1 Å². The van der Waals surface area contributed by atoms with E-state index in [4.69, 9.17) is 0 Å². The molecule has 1 aromatic rings. The van der Waals surface area contributed by atoms with Crippen LogP contribution in [0.4, 0.5) is 0 Å². The summed E-state index contributed by atoms with van der Waals surface area (Å²) in [5.74, 6) is 0.818. The lowest BCUT2D eigenvalue weighted by Crippen LogP contribution is -2.39. The molecule has 1 heterocycles. The van der Waals surface area contributed by atoms with E-state index in [0.717, 1.165) is 18.9 Å². The Labute approximate surface area is 111 Å². The molecule has 100 valence electrons. The maximum absolute atomic E-state index is 3.69. The minimum Gasteiger partial charge on any atom is -0.316 e. The number of aryl methyl sites for hydroxylation is 1. The van der Waals surface area contributed by atoms with Gasteiger partial charge < -0.3 is 10.6 Å². The minimum atomic E-state index is 0.563. The largest absolute Gasteiger partial charge is 0.316 e. The van der Waals surface area contributed by atoms with Crippen molar-refractivity contribution in [2.45, 2.75) is 39.2 Å². The fourth-order valence-corrected chi connectivity index (χ4v) is 2.71. The van der Waals surface area contributed by atoms with Crippen LogP contribution in [-0.4, -0.2) is 25.7 Å². The van der Waals surface area contributed by atoms with Crippen molar-refractivity contribution in [1.29, 1.82) is 0 Å². The van der Waals surface area contributed by atoms with Crippen LogP contribution in [0.1, 0.15) is 30.9 Å². The SMILES string of the molecule is Cc1ccccc1CC(C)NCC1CCCNC1. The van der Waals surface area contributed by atoms with E-state index in [1.807, 2.05) is 0 Å². The Balaban J connectivity index is 1.74. The summed E-state index contributed by atoms with van der Waals surface area (Å²) in [4.78, 5) is 0. The lowest BCUT2D eigenvalue weighted by molar-refractivity contribution is 0.346. The average molecular weight is 246 g/mol. The fraction of sp³-hybridized carbons (Fsp3) is 0.625. The zero-order valence-corrected chi connectivity index (χ0v) is 11.7. The Morgan fingerprint density at radius 2 is 2.22 bits per heavy atom. The summed E-state index contributed by atoms with van der Waals surface area (Å²) in [6, 6.07) is 9.26. The number of benzene rings is 1. The van der Waals surface area contributed by atoms with E-state index in [2.05, 4.69) is 48.7 Å². The van der Waals surface area contributed by atoms with Crippen LogP contribution in [0.15, 0.2) is 24.3 Å². The standard InChI is InChI=1S/C16H26N2/c1-13-6-3-4-8-16(13)10-14(2)18-12-15-7-5-9-17-11-15/h3-4,6,8,14-15,17-18H,5,7,9-12H2,1-2H3. The van der Waals surface area contributed by atoms with Gasteiger partial charge in [-0.1, -0.05) is 24.3 Å². The number of hydrogen-bond donors (Lipinski definition) is 2. The van der Waals surface area contributed by atoms with Gasteiger partial charge in [0.25, 0.3) is 0 Å². The molecule has 2 unspecified atom stereocenters. The van der Waals surface area contributed by atoms with E-state index >= 15 is 0 Å². The summed E-state index contributed by atoms with van der Waals surface area (Å²) in [5.41, 5.74) is 2.88. The first-order valence-corrected chi connectivity index (χ1v) is 7.24. The van der Waals surface area contributed by atoms with Gasteiger partial charge in [-0.05, 0) is 69.8 Å². The normalized spacial score (nSPS) is 21.8. The van der Waals surface area contributed by atoms with E-state index < -0.39 is 0 Å². The Bertz CT molecular complexity index is 356. The van der Waals surface area contributed by atoms with Crippen molar-refractivity contribution >= 4 is 0 Å². The minimum absolute atomic E-state index is 0.563. The van der Waals surface area contributed by atoms with Gasteiger partial charge in [-0.3, -0.25) is 0 Å². The molecule has 0 amide bonds. The number of piperidine rings is 1. The summed E-state index contributed by atoms with van der Waals surface area (Å²) < 4.78 is 0. The highest BCUT2D eigenvalue weighted by Crippen LogP contribution is 2.11. The van der Waals surface area contributed by atoms with Crippen molar-refractivity contribution in [3.05, 3.63) is 35.4 Å². The average Bonchev–Trinajstić information content (AvgIpc) is 2.40. The molecule has 0 bridgehead atoms. The maximum atomic E-state index is 3.69. The third kappa shape index (κ3) is 4.11. The quantitative estimate of drug-likeness (QED) is 0.834. The first kappa shape index (κ1) is 13.6. The van der Waals surface area contributed by atoms with E-state index in [9.17, 15) is 0 Å². The van der Waals surface area contributed by atoms with Crippen LogP contribution in [0.25, 0.3) is 0 Å². The van der Waals surface area contributed by atoms with Crippen molar-refractivity contribution < 1.29 is 0 Å². The number of rotatable bonds is 5. The van der Waals surface area contributed by atoms with Crippen LogP contribution < -0.4 is 10.6 Å². The van der Waals surface area contributed by atoms with Gasteiger partial charge in [0, 0.05) is 6.04 Å². The van der Waals surface area contributed by atoms with Crippen LogP contribution >= 0.6 is 0 Å². The van der Waals surface area contributed by atoms with Crippen LogP contribution in [0.2, 0.25) is 0 Å². The zero-order chi connectivity index (χ0) is 12.8. The van der Waals surface area contributed by atoms with E-state index in [0.29, 0.717) is 6.04 Å². The van der Waals surface area contributed by atoms with E-state index in [1.165, 1.54) is 37.1 Å². The highest BCUT2D eigenvalue weighted by Gasteiger charge is 2.13. The Morgan fingerprint density at radius 1 is 1.39 bits per heavy atom. The first-order valence-electron chi connectivity index (χ1n) is 7.24. The molecule has 1 aliphatic heterocycles. The third-order valence-corrected chi connectivity index (χ3v) is 3.94. The van der Waals surface area contributed by atoms with Crippen LogP contribution in [-0.2, 0) is 6.42 Å². The molecule has 18 heavy (non-hydrogen) atoms. The van der Waals surface area contributed by atoms with Gasteiger partial charge >= 0.3 is 0 Å². The predicted molar refractivity (Wildman–Crippen MR) is 77.9 cm³/mol. The zero-order valence-electron chi connectivity index (χ0n) is 11.7. The van der Waals surface area contributed by atoms with Crippen LogP contribution in [0.3, 0.4) is 0 Å². The second-order valence-corrected chi connectivity index (χ2v) is 5.65. The second-order valence-electron chi connectivity index (χ2n) is 5.65. The summed E-state index contributed by atoms with van der Waals surface area (Å²) >= 11 is 0. The fourth-order valence-electron chi connectivity index (χ4n) is 2.71. The summed E-state index contributed by atoms with van der Waals surface area (Å²) in [6.07, 6.45) is 3.84. The predicted octanol–water partition coefficient (Wildman–Crippen LogP) is 2.52. The molecular formula is C16H26N2. The van der Waals surface area contributed by atoms with Gasteiger partial charge in [-0.25, -0.2) is 0 Å². The Kier molecular flexibility index (Phi) is 5.21. The van der Waals surface area contributed by atoms with E-state index in [-0.39, 0.29) is 0 Å². The van der Waals surface area contributed by atoms with Crippen LogP contribution in [0.5, 0.6) is 0 Å². The molecule has 0 spiro atoms. The highest BCUT2D eigenvalue weighted by molar-refractivity contribution is 5.26. The molecule has 1 aromatic carbocycles. The first-order chi connectivity index (χ1) is 8.75. The Hall–Kier alpha value is -0.860. The molecule has 0 saturated carbocycles. The molecule has 2 N–H and O–H groups in total. The maximum Gasteiger partial charge on any atom is 0.00793 e. The molecule has 2 nitrogen and oxygen atoms in total. The smallest absolute Gasteiger partial charge is 0.00793 e. The molecule has 2 atom stereocenters. The molecule has 1 aliphatic rings. The molecule has 0 aliphatic carbocycles. The molecule has 0 radical (unpaired) electrons. The molecule has 2 heteroatoms. The second kappa shape index (κ2) is 6.91. The third-order valence-electron chi connectivity index (χ3n) is 3.94. The van der Waals surface area contributed by atoms with E-state index in [1.54, 1.807) is 0 Å². The Morgan fingerprint density at radius 3 is 2.94 bits per heavy atom. The molecule has 1 fully saturated rings. The van der Waals surface area contributed by atoms with Gasteiger partial charge in [-0.15, -0.1) is 0 Å². The van der Waals surface area contributed by atoms with Crippen LogP contribution in [0, 0.1) is 12.8 Å². The van der Waals surface area contributed by atoms with Gasteiger partial charge in [0.2, 0.25) is 0 Å². The summed E-state index contributed by atoms with van der Waals surface area (Å²) in [7, 11) is 0. The molecular weight excluding hydrogens is 220 g/mol. The molecule has 0 aromatic heterocycles. The number of nitrogens with one attached hydrogen (secondary N) is 2. The van der Waals surface area contributed by atoms with Gasteiger partial charge in [0.15, 0.2) is 0 Å². The van der Waals surface area contributed by atoms with Gasteiger partial charge in [-0.2, -0.15) is 0 Å². The van der Waals surface area contributed by atoms with Crippen molar-refractivity contribution in [3.8, 4) is 0 Å². The molecule has 1 saturated heterocycles. The summed E-state index contributed by atoms with van der Waals surface area (Å²) in [5, 5.41) is 7.17. The van der Waals surface area contributed by atoms with Gasteiger partial charge in [0.05, 0.1) is 0 Å². The molecule has 2 rings (SSSR count). The highest BCUT2D eigenvalue weighted by atomic mass is 14.9. The lowest BCUT2D eigenvalue weighted by atomic mass is 9.98. The van der Waals surface area contributed by atoms with Crippen molar-refractivity contribution in [1.82, 2.24) is 10.6 Å². The monoisotopic (exact) mass is 246 g/mol. The lowest BCUT2D eigenvalue weighted by Gasteiger charge is -2.25.